The number of alkyl carbamates (subject to hydrolysis) is 1. The minimum atomic E-state index is -3.97. The van der Waals surface area contributed by atoms with Gasteiger partial charge in [-0.1, -0.05) is 0 Å². The molecule has 0 radical (unpaired) electrons. The molecule has 11 heteroatoms. The predicted octanol–water partition coefficient (Wildman–Crippen LogP) is 0.796. The van der Waals surface area contributed by atoms with Crippen molar-refractivity contribution in [3.8, 4) is 0 Å². The Labute approximate surface area is 152 Å². The van der Waals surface area contributed by atoms with Gasteiger partial charge in [-0.05, 0) is 33.6 Å². The largest absolute Gasteiger partial charge is 0.476 e. The van der Waals surface area contributed by atoms with Crippen LogP contribution in [0.2, 0.25) is 0 Å². The lowest BCUT2D eigenvalue weighted by Crippen LogP contribution is -2.47. The highest BCUT2D eigenvalue weighted by Crippen LogP contribution is 2.23. The van der Waals surface area contributed by atoms with Crippen molar-refractivity contribution >= 4 is 22.1 Å². The molecule has 26 heavy (non-hydrogen) atoms. The van der Waals surface area contributed by atoms with E-state index in [2.05, 4.69) is 10.4 Å². The lowest BCUT2D eigenvalue weighted by atomic mass is 10.1. The van der Waals surface area contributed by atoms with E-state index in [-0.39, 0.29) is 29.7 Å². The van der Waals surface area contributed by atoms with Gasteiger partial charge in [0.15, 0.2) is 5.69 Å². The molecular weight excluding hydrogens is 364 g/mol. The zero-order chi connectivity index (χ0) is 19.7. The second kappa shape index (κ2) is 7.23. The van der Waals surface area contributed by atoms with Gasteiger partial charge in [0.25, 0.3) is 0 Å². The molecule has 0 atom stereocenters. The van der Waals surface area contributed by atoms with Crippen molar-refractivity contribution in [3.63, 3.8) is 0 Å². The number of rotatable bonds is 4. The molecule has 1 fully saturated rings. The Bertz CT molecular complexity index is 788. The average Bonchev–Trinajstić information content (AvgIpc) is 2.88. The fourth-order valence-corrected chi connectivity index (χ4v) is 4.32. The summed E-state index contributed by atoms with van der Waals surface area (Å²) in [4.78, 5) is 22.8. The number of aromatic nitrogens is 2. The predicted molar refractivity (Wildman–Crippen MR) is 91.3 cm³/mol. The monoisotopic (exact) mass is 388 g/mol. The van der Waals surface area contributed by atoms with Crippen molar-refractivity contribution in [1.29, 1.82) is 0 Å². The molecule has 0 bridgehead atoms. The Kier molecular flexibility index (Phi) is 5.61. The van der Waals surface area contributed by atoms with Gasteiger partial charge < -0.3 is 15.2 Å². The summed E-state index contributed by atoms with van der Waals surface area (Å²) in [7, 11) is -2.60. The number of carbonyl (C=O) groups excluding carboxylic acids is 1. The highest BCUT2D eigenvalue weighted by molar-refractivity contribution is 7.89. The Balaban J connectivity index is 2.03. The third-order valence-electron chi connectivity index (χ3n) is 3.90. The number of ether oxygens (including phenoxy) is 1. The Morgan fingerprint density at radius 3 is 2.38 bits per heavy atom. The first-order valence-corrected chi connectivity index (χ1v) is 9.61. The molecule has 1 aliphatic rings. The van der Waals surface area contributed by atoms with E-state index in [0.29, 0.717) is 12.8 Å². The number of carbonyl (C=O) groups is 2. The van der Waals surface area contributed by atoms with Crippen molar-refractivity contribution in [2.45, 2.75) is 50.2 Å². The molecule has 0 saturated carbocycles. The van der Waals surface area contributed by atoms with Crippen LogP contribution in [-0.2, 0) is 21.8 Å². The third-order valence-corrected chi connectivity index (χ3v) is 5.80. The van der Waals surface area contributed by atoms with Crippen LogP contribution in [0.25, 0.3) is 0 Å². The van der Waals surface area contributed by atoms with E-state index < -0.39 is 27.7 Å². The molecule has 2 rings (SSSR count). The molecule has 2 N–H and O–H groups in total. The van der Waals surface area contributed by atoms with E-state index in [1.165, 1.54) is 11.4 Å². The molecule has 2 heterocycles. The lowest BCUT2D eigenvalue weighted by molar-refractivity contribution is 0.0488. The van der Waals surface area contributed by atoms with E-state index in [0.717, 1.165) is 10.9 Å². The maximum absolute atomic E-state index is 12.7. The highest BCUT2D eigenvalue weighted by Gasteiger charge is 2.35. The summed E-state index contributed by atoms with van der Waals surface area (Å²) in [5, 5.41) is 15.7. The zero-order valence-electron chi connectivity index (χ0n) is 15.2. The first kappa shape index (κ1) is 20.2. The molecule has 1 saturated heterocycles. The molecule has 1 aliphatic heterocycles. The number of sulfonamides is 1. The number of amides is 1. The van der Waals surface area contributed by atoms with Gasteiger partial charge in [-0.3, -0.25) is 4.68 Å². The van der Waals surface area contributed by atoms with Gasteiger partial charge in [0.05, 0.1) is 6.20 Å². The quantitative estimate of drug-likeness (QED) is 0.780. The summed E-state index contributed by atoms with van der Waals surface area (Å²) in [6.45, 7) is 5.61. The fourth-order valence-electron chi connectivity index (χ4n) is 2.70. The number of carboxylic acid groups (broad SMARTS) is 1. The van der Waals surface area contributed by atoms with Crippen LogP contribution in [0.5, 0.6) is 0 Å². The van der Waals surface area contributed by atoms with E-state index in [4.69, 9.17) is 4.74 Å². The molecule has 1 aromatic heterocycles. The lowest BCUT2D eigenvalue weighted by Gasteiger charge is -2.32. The fraction of sp³-hybridized carbons (Fsp3) is 0.667. The Morgan fingerprint density at radius 2 is 1.88 bits per heavy atom. The number of piperidine rings is 1. The number of carboxylic acids is 1. The molecule has 1 amide bonds. The number of aromatic carboxylic acids is 1. The Morgan fingerprint density at radius 1 is 1.31 bits per heavy atom. The topological polar surface area (TPSA) is 131 Å². The first-order valence-electron chi connectivity index (χ1n) is 8.17. The summed E-state index contributed by atoms with van der Waals surface area (Å²) >= 11 is 0. The van der Waals surface area contributed by atoms with Gasteiger partial charge in [-0.15, -0.1) is 0 Å². The van der Waals surface area contributed by atoms with Gasteiger partial charge >= 0.3 is 12.1 Å². The maximum Gasteiger partial charge on any atom is 0.407 e. The SMILES string of the molecule is Cn1ncc(S(=O)(=O)N2CCC(NC(=O)OC(C)(C)C)CC2)c1C(=O)O. The number of nitrogens with one attached hydrogen (secondary N) is 1. The molecule has 0 unspecified atom stereocenters. The van der Waals surface area contributed by atoms with Crippen LogP contribution >= 0.6 is 0 Å². The van der Waals surface area contributed by atoms with Crippen LogP contribution in [0, 0.1) is 0 Å². The molecular formula is C15H24N4O6S. The van der Waals surface area contributed by atoms with Crippen LogP contribution in [0.1, 0.15) is 44.1 Å². The van der Waals surface area contributed by atoms with E-state index in [1.807, 2.05) is 0 Å². The summed E-state index contributed by atoms with van der Waals surface area (Å²) in [5.74, 6) is -1.36. The summed E-state index contributed by atoms with van der Waals surface area (Å²) in [6, 6.07) is -0.204. The van der Waals surface area contributed by atoms with Crippen LogP contribution in [0.15, 0.2) is 11.1 Å². The Hall–Kier alpha value is -2.14. The third kappa shape index (κ3) is 4.52. The molecule has 1 aromatic rings. The standard InChI is InChI=1S/C15H24N4O6S/c1-15(2,3)25-14(22)17-10-5-7-19(8-6-10)26(23,24)11-9-16-18(4)12(11)13(20)21/h9-10H,5-8H2,1-4H3,(H,17,22)(H,20,21). The second-order valence-electron chi connectivity index (χ2n) is 7.11. The maximum atomic E-state index is 12.7. The van der Waals surface area contributed by atoms with E-state index in [1.54, 1.807) is 20.8 Å². The van der Waals surface area contributed by atoms with Gasteiger partial charge in [-0.2, -0.15) is 9.40 Å². The summed E-state index contributed by atoms with van der Waals surface area (Å²) in [5.41, 5.74) is -0.985. The van der Waals surface area contributed by atoms with Crippen molar-refractivity contribution in [2.24, 2.45) is 7.05 Å². The van der Waals surface area contributed by atoms with Gasteiger partial charge in [0.1, 0.15) is 10.5 Å². The second-order valence-corrected chi connectivity index (χ2v) is 9.02. The van der Waals surface area contributed by atoms with Crippen molar-refractivity contribution in [3.05, 3.63) is 11.9 Å². The van der Waals surface area contributed by atoms with Gasteiger partial charge in [0, 0.05) is 26.2 Å². The number of hydrogen-bond acceptors (Lipinski definition) is 6. The van der Waals surface area contributed by atoms with Crippen molar-refractivity contribution in [2.75, 3.05) is 13.1 Å². The molecule has 0 aromatic carbocycles. The number of aryl methyl sites for hydroxylation is 1. The van der Waals surface area contributed by atoms with Gasteiger partial charge in [0.2, 0.25) is 10.0 Å². The number of hydrogen-bond donors (Lipinski definition) is 2. The van der Waals surface area contributed by atoms with E-state index in [9.17, 15) is 23.1 Å². The number of nitrogens with zero attached hydrogens (tertiary/aromatic N) is 3. The minimum Gasteiger partial charge on any atom is -0.476 e. The average molecular weight is 388 g/mol. The van der Waals surface area contributed by atoms with Crippen LogP contribution in [0.3, 0.4) is 0 Å². The van der Waals surface area contributed by atoms with Gasteiger partial charge in [-0.25, -0.2) is 18.0 Å². The van der Waals surface area contributed by atoms with Crippen molar-refractivity contribution in [1.82, 2.24) is 19.4 Å². The molecule has 146 valence electrons. The zero-order valence-corrected chi connectivity index (χ0v) is 16.0. The molecule has 0 spiro atoms. The molecule has 10 nitrogen and oxygen atoms in total. The minimum absolute atomic E-state index is 0.163. The highest BCUT2D eigenvalue weighted by atomic mass is 32.2. The van der Waals surface area contributed by atoms with E-state index >= 15 is 0 Å². The summed E-state index contributed by atoms with van der Waals surface area (Å²) < 4.78 is 32.9. The smallest absolute Gasteiger partial charge is 0.407 e. The van der Waals surface area contributed by atoms with Crippen LogP contribution < -0.4 is 5.32 Å². The van der Waals surface area contributed by atoms with Crippen LogP contribution in [-0.4, -0.2) is 64.4 Å². The normalized spacial score (nSPS) is 17.1. The molecule has 0 aliphatic carbocycles. The van der Waals surface area contributed by atoms with Crippen LogP contribution in [0.4, 0.5) is 4.79 Å². The van der Waals surface area contributed by atoms with Crippen molar-refractivity contribution < 1.29 is 27.9 Å². The first-order chi connectivity index (χ1) is 11.9. The summed E-state index contributed by atoms with van der Waals surface area (Å²) in [6.07, 6.45) is 1.31.